The molecule has 33 heavy (non-hydrogen) atoms. The highest BCUT2D eigenvalue weighted by Gasteiger charge is 2.34. The third-order valence-corrected chi connectivity index (χ3v) is 5.36. The first kappa shape index (κ1) is 24.5. The predicted octanol–water partition coefficient (Wildman–Crippen LogP) is 4.53. The number of ether oxygens (including phenoxy) is 1. The minimum absolute atomic E-state index is 0.0722. The Bertz CT molecular complexity index is 1040. The standard InChI is InChI=1S/C22H19ClF4N2O4/c23-18-8-7-16(10-17(18)22(25,26)27)28-19(30)12-33-21(32)14-2-1-9-29(11-14)20(31)13-3-5-15(24)6-4-13/h3-8,10,14H,1-2,9,11-12H2,(H,28,30). The zero-order valence-corrected chi connectivity index (χ0v) is 17.9. The number of amides is 2. The van der Waals surface area contributed by atoms with Crippen LogP contribution in [0.3, 0.4) is 0 Å². The van der Waals surface area contributed by atoms with Gasteiger partial charge in [-0.25, -0.2) is 4.39 Å². The third-order valence-electron chi connectivity index (χ3n) is 5.03. The Kier molecular flexibility index (Phi) is 7.57. The van der Waals surface area contributed by atoms with Gasteiger partial charge in [-0.3, -0.25) is 14.4 Å². The van der Waals surface area contributed by atoms with Crippen LogP contribution in [0.5, 0.6) is 0 Å². The molecule has 1 fully saturated rings. The summed E-state index contributed by atoms with van der Waals surface area (Å²) in [5, 5.41) is 1.71. The van der Waals surface area contributed by atoms with E-state index in [1.54, 1.807) is 0 Å². The van der Waals surface area contributed by atoms with Gasteiger partial charge in [0.1, 0.15) is 5.82 Å². The van der Waals surface area contributed by atoms with Gasteiger partial charge >= 0.3 is 12.1 Å². The molecule has 1 atom stereocenters. The van der Waals surface area contributed by atoms with Crippen molar-refractivity contribution in [3.63, 3.8) is 0 Å². The molecule has 0 bridgehead atoms. The SMILES string of the molecule is O=C(COC(=O)C1CCCN(C(=O)c2ccc(F)cc2)C1)Nc1ccc(Cl)c(C(F)(F)F)c1. The van der Waals surface area contributed by atoms with Crippen LogP contribution in [-0.2, 0) is 20.5 Å². The maximum absolute atomic E-state index is 13.1. The number of rotatable bonds is 5. The van der Waals surface area contributed by atoms with Crippen LogP contribution in [0, 0.1) is 11.7 Å². The Morgan fingerprint density at radius 3 is 2.48 bits per heavy atom. The fourth-order valence-corrected chi connectivity index (χ4v) is 3.63. The van der Waals surface area contributed by atoms with Crippen molar-refractivity contribution in [3.05, 3.63) is 64.4 Å². The predicted molar refractivity (Wildman–Crippen MR) is 111 cm³/mol. The van der Waals surface area contributed by atoms with E-state index in [9.17, 15) is 31.9 Å². The molecule has 1 saturated heterocycles. The molecular formula is C22H19ClF4N2O4. The minimum Gasteiger partial charge on any atom is -0.455 e. The van der Waals surface area contributed by atoms with Crippen LogP contribution in [0.15, 0.2) is 42.5 Å². The molecule has 0 spiro atoms. The third kappa shape index (κ3) is 6.44. The van der Waals surface area contributed by atoms with Gasteiger partial charge in [-0.1, -0.05) is 11.6 Å². The number of carbonyl (C=O) groups excluding carboxylic acids is 3. The Balaban J connectivity index is 1.53. The van der Waals surface area contributed by atoms with Crippen molar-refractivity contribution in [2.24, 2.45) is 5.92 Å². The number of alkyl halides is 3. The molecule has 1 aliphatic heterocycles. The van der Waals surface area contributed by atoms with Crippen LogP contribution in [0.25, 0.3) is 0 Å². The van der Waals surface area contributed by atoms with E-state index in [1.807, 2.05) is 0 Å². The molecule has 0 aromatic heterocycles. The van der Waals surface area contributed by atoms with E-state index in [0.29, 0.717) is 25.5 Å². The van der Waals surface area contributed by atoms with Crippen molar-refractivity contribution in [1.82, 2.24) is 4.90 Å². The fraction of sp³-hybridized carbons (Fsp3) is 0.318. The average Bonchev–Trinajstić information content (AvgIpc) is 2.78. The highest BCUT2D eigenvalue weighted by atomic mass is 35.5. The summed E-state index contributed by atoms with van der Waals surface area (Å²) in [6.07, 6.45) is -3.72. The summed E-state index contributed by atoms with van der Waals surface area (Å²) >= 11 is 5.54. The van der Waals surface area contributed by atoms with Crippen LogP contribution < -0.4 is 5.32 Å². The Hall–Kier alpha value is -3.14. The lowest BCUT2D eigenvalue weighted by atomic mass is 9.97. The van der Waals surface area contributed by atoms with E-state index < -0.39 is 47.0 Å². The smallest absolute Gasteiger partial charge is 0.417 e. The fourth-order valence-electron chi connectivity index (χ4n) is 3.40. The molecule has 1 unspecified atom stereocenters. The molecule has 2 aromatic carbocycles. The zero-order valence-electron chi connectivity index (χ0n) is 17.1. The van der Waals surface area contributed by atoms with Crippen LogP contribution in [0.4, 0.5) is 23.2 Å². The number of hydrogen-bond acceptors (Lipinski definition) is 4. The van der Waals surface area contributed by atoms with Gasteiger partial charge in [0.05, 0.1) is 16.5 Å². The van der Waals surface area contributed by atoms with Crippen LogP contribution in [0.2, 0.25) is 5.02 Å². The molecule has 0 radical (unpaired) electrons. The van der Waals surface area contributed by atoms with Gasteiger partial charge in [0, 0.05) is 24.3 Å². The molecule has 1 aliphatic rings. The zero-order chi connectivity index (χ0) is 24.2. The van der Waals surface area contributed by atoms with E-state index in [0.717, 1.165) is 6.07 Å². The molecular weight excluding hydrogens is 468 g/mol. The van der Waals surface area contributed by atoms with Gasteiger partial charge < -0.3 is 15.0 Å². The molecule has 0 saturated carbocycles. The lowest BCUT2D eigenvalue weighted by Gasteiger charge is -2.31. The van der Waals surface area contributed by atoms with Gasteiger partial charge in [-0.15, -0.1) is 0 Å². The number of hydrogen-bond donors (Lipinski definition) is 1. The van der Waals surface area contributed by atoms with E-state index in [1.165, 1.54) is 35.2 Å². The second-order valence-corrected chi connectivity index (χ2v) is 7.85. The molecule has 176 valence electrons. The van der Waals surface area contributed by atoms with Crippen molar-refractivity contribution in [2.45, 2.75) is 19.0 Å². The number of esters is 1. The van der Waals surface area contributed by atoms with Crippen LogP contribution in [0.1, 0.15) is 28.8 Å². The second-order valence-electron chi connectivity index (χ2n) is 7.45. The molecule has 2 aromatic rings. The first-order chi connectivity index (χ1) is 15.5. The van der Waals surface area contributed by atoms with Gasteiger partial charge in [0.2, 0.25) is 0 Å². The number of anilines is 1. The number of likely N-dealkylation sites (tertiary alicyclic amines) is 1. The normalized spacial score (nSPS) is 16.3. The summed E-state index contributed by atoms with van der Waals surface area (Å²) in [7, 11) is 0. The van der Waals surface area contributed by atoms with Crippen molar-refractivity contribution in [1.29, 1.82) is 0 Å². The number of nitrogens with one attached hydrogen (secondary N) is 1. The number of nitrogens with zero attached hydrogens (tertiary/aromatic N) is 1. The Labute approximate surface area is 191 Å². The Morgan fingerprint density at radius 2 is 1.82 bits per heavy atom. The number of halogens is 5. The van der Waals surface area contributed by atoms with Gasteiger partial charge in [-0.05, 0) is 55.3 Å². The molecule has 3 rings (SSSR count). The van der Waals surface area contributed by atoms with Gasteiger partial charge in [0.15, 0.2) is 6.61 Å². The second kappa shape index (κ2) is 10.2. The average molecular weight is 487 g/mol. The number of carbonyl (C=O) groups is 3. The van der Waals surface area contributed by atoms with E-state index in [-0.39, 0.29) is 23.7 Å². The Morgan fingerprint density at radius 1 is 1.12 bits per heavy atom. The summed E-state index contributed by atoms with van der Waals surface area (Å²) < 4.78 is 56.9. The molecule has 2 amide bonds. The largest absolute Gasteiger partial charge is 0.455 e. The minimum atomic E-state index is -4.69. The van der Waals surface area contributed by atoms with E-state index >= 15 is 0 Å². The van der Waals surface area contributed by atoms with Crippen molar-refractivity contribution < 1.29 is 36.7 Å². The number of piperidine rings is 1. The van der Waals surface area contributed by atoms with Gasteiger partial charge in [-0.2, -0.15) is 13.2 Å². The molecule has 0 aliphatic carbocycles. The topological polar surface area (TPSA) is 75.7 Å². The van der Waals surface area contributed by atoms with Crippen LogP contribution >= 0.6 is 11.6 Å². The maximum Gasteiger partial charge on any atom is 0.417 e. The summed E-state index contributed by atoms with van der Waals surface area (Å²) in [6, 6.07) is 7.91. The van der Waals surface area contributed by atoms with Gasteiger partial charge in [0.25, 0.3) is 11.8 Å². The van der Waals surface area contributed by atoms with Crippen molar-refractivity contribution in [2.75, 3.05) is 25.0 Å². The lowest BCUT2D eigenvalue weighted by molar-refractivity contribution is -0.152. The highest BCUT2D eigenvalue weighted by Crippen LogP contribution is 2.36. The monoisotopic (exact) mass is 486 g/mol. The molecule has 1 heterocycles. The summed E-state index contributed by atoms with van der Waals surface area (Å²) in [5.74, 6) is -3.02. The number of benzene rings is 2. The van der Waals surface area contributed by atoms with Crippen LogP contribution in [-0.4, -0.2) is 42.4 Å². The van der Waals surface area contributed by atoms with Crippen molar-refractivity contribution >= 4 is 35.1 Å². The highest BCUT2D eigenvalue weighted by molar-refractivity contribution is 6.31. The quantitative estimate of drug-likeness (QED) is 0.497. The molecule has 6 nitrogen and oxygen atoms in total. The molecule has 11 heteroatoms. The summed E-state index contributed by atoms with van der Waals surface area (Å²) in [4.78, 5) is 38.4. The van der Waals surface area contributed by atoms with E-state index in [4.69, 9.17) is 16.3 Å². The van der Waals surface area contributed by atoms with E-state index in [2.05, 4.69) is 5.32 Å². The first-order valence-corrected chi connectivity index (χ1v) is 10.3. The summed E-state index contributed by atoms with van der Waals surface area (Å²) in [5.41, 5.74) is -0.973. The lowest BCUT2D eigenvalue weighted by Crippen LogP contribution is -2.43. The van der Waals surface area contributed by atoms with Crippen molar-refractivity contribution in [3.8, 4) is 0 Å². The maximum atomic E-state index is 13.1. The summed E-state index contributed by atoms with van der Waals surface area (Å²) in [6.45, 7) is -0.216. The molecule has 1 N–H and O–H groups in total. The first-order valence-electron chi connectivity index (χ1n) is 9.92.